The second-order valence-corrected chi connectivity index (χ2v) is 5.43. The fraction of sp³-hybridized carbons (Fsp3) is 0.462. The van der Waals surface area contributed by atoms with Crippen molar-refractivity contribution in [1.29, 1.82) is 0 Å². The van der Waals surface area contributed by atoms with Gasteiger partial charge in [0.25, 0.3) is 5.91 Å². The van der Waals surface area contributed by atoms with Crippen LogP contribution in [0, 0.1) is 5.92 Å². The number of halogens is 2. The van der Waals surface area contributed by atoms with Gasteiger partial charge in [0.15, 0.2) is 0 Å². The van der Waals surface area contributed by atoms with Crippen LogP contribution in [0.3, 0.4) is 0 Å². The molecule has 0 spiro atoms. The Bertz CT molecular complexity index is 451. The standard InChI is InChI=1S/C13H16Cl2N2O/c1-16-7-9-4-5-17(8-9)13(18)11-3-2-10(14)6-12(11)15/h2-3,6,9,16H,4-5,7-8H2,1H3/t9-/m1/s1. The van der Waals surface area contributed by atoms with Gasteiger partial charge in [0.1, 0.15) is 0 Å². The van der Waals surface area contributed by atoms with Crippen LogP contribution in [0.15, 0.2) is 18.2 Å². The van der Waals surface area contributed by atoms with E-state index >= 15 is 0 Å². The molecule has 1 aliphatic heterocycles. The summed E-state index contributed by atoms with van der Waals surface area (Å²) in [5, 5.41) is 4.11. The van der Waals surface area contributed by atoms with Crippen molar-refractivity contribution >= 4 is 29.1 Å². The molecule has 0 aliphatic carbocycles. The maximum Gasteiger partial charge on any atom is 0.255 e. The van der Waals surface area contributed by atoms with Crippen LogP contribution in [-0.4, -0.2) is 37.5 Å². The van der Waals surface area contributed by atoms with Gasteiger partial charge in [-0.05, 0) is 44.1 Å². The third-order valence-corrected chi connectivity index (χ3v) is 3.78. The lowest BCUT2D eigenvalue weighted by Gasteiger charge is -2.17. The number of carbonyl (C=O) groups is 1. The Balaban J connectivity index is 2.08. The summed E-state index contributed by atoms with van der Waals surface area (Å²) in [4.78, 5) is 14.2. The summed E-state index contributed by atoms with van der Waals surface area (Å²) in [5.41, 5.74) is 0.533. The number of nitrogens with zero attached hydrogens (tertiary/aromatic N) is 1. The van der Waals surface area contributed by atoms with Gasteiger partial charge in [-0.15, -0.1) is 0 Å². The first kappa shape index (κ1) is 13.7. The number of likely N-dealkylation sites (tertiary alicyclic amines) is 1. The van der Waals surface area contributed by atoms with Crippen molar-refractivity contribution in [2.24, 2.45) is 5.92 Å². The fourth-order valence-electron chi connectivity index (χ4n) is 2.31. The van der Waals surface area contributed by atoms with Gasteiger partial charge in [0.2, 0.25) is 0 Å². The van der Waals surface area contributed by atoms with E-state index in [9.17, 15) is 4.79 Å². The van der Waals surface area contributed by atoms with E-state index in [0.717, 1.165) is 26.1 Å². The SMILES string of the molecule is CNC[C@H]1CCN(C(=O)c2ccc(Cl)cc2Cl)C1. The zero-order chi connectivity index (χ0) is 13.1. The maximum atomic E-state index is 12.3. The van der Waals surface area contributed by atoms with E-state index in [1.54, 1.807) is 18.2 Å². The van der Waals surface area contributed by atoms with E-state index < -0.39 is 0 Å². The van der Waals surface area contributed by atoms with E-state index in [2.05, 4.69) is 5.32 Å². The molecular formula is C13H16Cl2N2O. The highest BCUT2D eigenvalue weighted by Crippen LogP contribution is 2.25. The first-order valence-corrected chi connectivity index (χ1v) is 6.76. The van der Waals surface area contributed by atoms with Crippen molar-refractivity contribution in [2.75, 3.05) is 26.7 Å². The first-order chi connectivity index (χ1) is 8.61. The van der Waals surface area contributed by atoms with E-state index in [4.69, 9.17) is 23.2 Å². The van der Waals surface area contributed by atoms with Gasteiger partial charge in [-0.25, -0.2) is 0 Å². The minimum absolute atomic E-state index is 0.00438. The van der Waals surface area contributed by atoms with Gasteiger partial charge in [0.05, 0.1) is 10.6 Å². The molecule has 5 heteroatoms. The molecule has 1 amide bonds. The number of rotatable bonds is 3. The van der Waals surface area contributed by atoms with Crippen molar-refractivity contribution in [2.45, 2.75) is 6.42 Å². The first-order valence-electron chi connectivity index (χ1n) is 6.00. The molecule has 2 rings (SSSR count). The molecule has 0 aromatic heterocycles. The van der Waals surface area contributed by atoms with Crippen LogP contribution in [0.25, 0.3) is 0 Å². The molecule has 1 fully saturated rings. The molecule has 1 aromatic rings. The summed E-state index contributed by atoms with van der Waals surface area (Å²) in [6, 6.07) is 5.00. The Morgan fingerprint density at radius 1 is 1.50 bits per heavy atom. The summed E-state index contributed by atoms with van der Waals surface area (Å²) < 4.78 is 0. The van der Waals surface area contributed by atoms with Crippen LogP contribution in [-0.2, 0) is 0 Å². The summed E-state index contributed by atoms with van der Waals surface area (Å²) in [6.45, 7) is 2.53. The van der Waals surface area contributed by atoms with E-state index in [1.807, 2.05) is 11.9 Å². The van der Waals surface area contributed by atoms with Gasteiger partial charge in [-0.1, -0.05) is 23.2 Å². The van der Waals surface area contributed by atoms with Gasteiger partial charge in [-0.2, -0.15) is 0 Å². The normalized spacial score (nSPS) is 19.3. The average Bonchev–Trinajstić information content (AvgIpc) is 2.77. The predicted octanol–water partition coefficient (Wildman–Crippen LogP) is 2.67. The summed E-state index contributed by atoms with van der Waals surface area (Å²) >= 11 is 11.9. The number of amides is 1. The lowest BCUT2D eigenvalue weighted by molar-refractivity contribution is 0.0787. The number of hydrogen-bond acceptors (Lipinski definition) is 2. The quantitative estimate of drug-likeness (QED) is 0.927. The van der Waals surface area contributed by atoms with Gasteiger partial charge < -0.3 is 10.2 Å². The molecular weight excluding hydrogens is 271 g/mol. The highest BCUT2D eigenvalue weighted by molar-refractivity contribution is 6.36. The van der Waals surface area contributed by atoms with E-state index in [-0.39, 0.29) is 5.91 Å². The molecule has 98 valence electrons. The topological polar surface area (TPSA) is 32.3 Å². The highest BCUT2D eigenvalue weighted by Gasteiger charge is 2.27. The third-order valence-electron chi connectivity index (χ3n) is 3.23. The number of hydrogen-bond donors (Lipinski definition) is 1. The Labute approximate surface area is 117 Å². The van der Waals surface area contributed by atoms with Gasteiger partial charge >= 0.3 is 0 Å². The molecule has 1 N–H and O–H groups in total. The predicted molar refractivity (Wildman–Crippen MR) is 74.4 cm³/mol. The number of benzene rings is 1. The summed E-state index contributed by atoms with van der Waals surface area (Å²) in [5.74, 6) is 0.528. The summed E-state index contributed by atoms with van der Waals surface area (Å²) in [6.07, 6.45) is 1.04. The van der Waals surface area contributed by atoms with Crippen LogP contribution in [0.4, 0.5) is 0 Å². The Morgan fingerprint density at radius 2 is 2.28 bits per heavy atom. The molecule has 0 bridgehead atoms. The summed E-state index contributed by atoms with van der Waals surface area (Å²) in [7, 11) is 1.93. The largest absolute Gasteiger partial charge is 0.338 e. The Morgan fingerprint density at radius 3 is 2.94 bits per heavy atom. The van der Waals surface area contributed by atoms with Crippen LogP contribution < -0.4 is 5.32 Å². The molecule has 1 aromatic carbocycles. The van der Waals surface area contributed by atoms with E-state index in [0.29, 0.717) is 21.5 Å². The van der Waals surface area contributed by atoms with Crippen molar-refractivity contribution < 1.29 is 4.79 Å². The Kier molecular flexibility index (Phi) is 4.49. The van der Waals surface area contributed by atoms with Crippen LogP contribution in [0.2, 0.25) is 10.0 Å². The fourth-order valence-corrected chi connectivity index (χ4v) is 2.79. The lowest BCUT2D eigenvalue weighted by atomic mass is 10.1. The van der Waals surface area contributed by atoms with Gasteiger partial charge in [0, 0.05) is 18.1 Å². The van der Waals surface area contributed by atoms with Crippen molar-refractivity contribution in [3.05, 3.63) is 33.8 Å². The second kappa shape index (κ2) is 5.91. The lowest BCUT2D eigenvalue weighted by Crippen LogP contribution is -2.30. The monoisotopic (exact) mass is 286 g/mol. The second-order valence-electron chi connectivity index (χ2n) is 4.59. The molecule has 1 atom stereocenters. The molecule has 1 aliphatic rings. The number of nitrogens with one attached hydrogen (secondary N) is 1. The highest BCUT2D eigenvalue weighted by atomic mass is 35.5. The molecule has 0 unspecified atom stereocenters. The maximum absolute atomic E-state index is 12.3. The van der Waals surface area contributed by atoms with E-state index in [1.165, 1.54) is 0 Å². The number of carbonyl (C=O) groups excluding carboxylic acids is 1. The van der Waals surface area contributed by atoms with Crippen LogP contribution >= 0.6 is 23.2 Å². The van der Waals surface area contributed by atoms with Gasteiger partial charge in [-0.3, -0.25) is 4.79 Å². The molecule has 1 heterocycles. The third kappa shape index (κ3) is 2.97. The molecule has 0 saturated carbocycles. The zero-order valence-corrected chi connectivity index (χ0v) is 11.8. The van der Waals surface area contributed by atoms with Crippen LogP contribution in [0.5, 0.6) is 0 Å². The smallest absolute Gasteiger partial charge is 0.255 e. The molecule has 1 saturated heterocycles. The van der Waals surface area contributed by atoms with Crippen molar-refractivity contribution in [1.82, 2.24) is 10.2 Å². The zero-order valence-electron chi connectivity index (χ0n) is 10.2. The molecule has 0 radical (unpaired) electrons. The van der Waals surface area contributed by atoms with Crippen molar-refractivity contribution in [3.63, 3.8) is 0 Å². The Hall–Kier alpha value is -0.770. The minimum atomic E-state index is -0.00438. The average molecular weight is 287 g/mol. The minimum Gasteiger partial charge on any atom is -0.338 e. The molecule has 18 heavy (non-hydrogen) atoms. The molecule has 3 nitrogen and oxygen atoms in total. The van der Waals surface area contributed by atoms with Crippen LogP contribution in [0.1, 0.15) is 16.8 Å². The van der Waals surface area contributed by atoms with Crippen molar-refractivity contribution in [3.8, 4) is 0 Å².